The summed E-state index contributed by atoms with van der Waals surface area (Å²) >= 11 is 0. The van der Waals surface area contributed by atoms with E-state index in [-0.39, 0.29) is 0 Å². The second-order valence-electron chi connectivity index (χ2n) is 4.48. The Labute approximate surface area is 94.6 Å². The predicted octanol–water partition coefficient (Wildman–Crippen LogP) is 1.14. The fraction of sp³-hybridized carbons (Fsp3) is 1.00. The normalized spacial score (nSPS) is 20.4. The minimum absolute atomic E-state index is 0.851. The smallest absolute Gasteiger partial charge is 0.0109 e. The van der Waals surface area contributed by atoms with Gasteiger partial charge in [0.05, 0.1) is 0 Å². The maximum Gasteiger partial charge on any atom is 0.0109 e. The molecule has 2 N–H and O–H groups in total. The number of hydrogen-bond donors (Lipinski definition) is 1. The molecule has 0 bridgehead atoms. The molecule has 1 fully saturated rings. The lowest BCUT2D eigenvalue weighted by Gasteiger charge is -2.20. The van der Waals surface area contributed by atoms with Crippen LogP contribution in [0.15, 0.2) is 0 Å². The van der Waals surface area contributed by atoms with Crippen LogP contribution in [-0.2, 0) is 0 Å². The fourth-order valence-corrected chi connectivity index (χ4v) is 2.22. The van der Waals surface area contributed by atoms with Gasteiger partial charge in [-0.25, -0.2) is 0 Å². The summed E-state index contributed by atoms with van der Waals surface area (Å²) in [7, 11) is 0. The van der Waals surface area contributed by atoms with Crippen molar-refractivity contribution in [3.8, 4) is 0 Å². The second kappa shape index (κ2) is 8.08. The first-order chi connectivity index (χ1) is 7.36. The standard InChI is InChI=1S/C12H27N3/c1-2-14-9-6-10-15(12-11-14)8-5-3-4-7-13/h2-13H2,1H3. The van der Waals surface area contributed by atoms with Crippen LogP contribution < -0.4 is 5.73 Å². The van der Waals surface area contributed by atoms with E-state index in [1.54, 1.807) is 0 Å². The van der Waals surface area contributed by atoms with Crippen LogP contribution in [0.5, 0.6) is 0 Å². The molecule has 0 aromatic carbocycles. The van der Waals surface area contributed by atoms with Crippen molar-refractivity contribution in [3.05, 3.63) is 0 Å². The quantitative estimate of drug-likeness (QED) is 0.672. The molecule has 0 aromatic heterocycles. The number of hydrogen-bond acceptors (Lipinski definition) is 3. The van der Waals surface area contributed by atoms with Crippen LogP contribution in [-0.4, -0.2) is 55.6 Å². The molecule has 0 aliphatic carbocycles. The monoisotopic (exact) mass is 213 g/mol. The largest absolute Gasteiger partial charge is 0.330 e. The average Bonchev–Trinajstić information content (AvgIpc) is 2.49. The highest BCUT2D eigenvalue weighted by molar-refractivity contribution is 4.68. The molecule has 3 nitrogen and oxygen atoms in total. The molecule has 1 rings (SSSR count). The Morgan fingerprint density at radius 1 is 0.933 bits per heavy atom. The van der Waals surface area contributed by atoms with Gasteiger partial charge in [-0.15, -0.1) is 0 Å². The molecule has 1 heterocycles. The van der Waals surface area contributed by atoms with E-state index in [0.29, 0.717) is 0 Å². The van der Waals surface area contributed by atoms with Gasteiger partial charge in [-0.1, -0.05) is 13.3 Å². The number of unbranched alkanes of at least 4 members (excludes halogenated alkanes) is 2. The average molecular weight is 213 g/mol. The zero-order valence-electron chi connectivity index (χ0n) is 10.2. The lowest BCUT2D eigenvalue weighted by atomic mass is 10.2. The minimum Gasteiger partial charge on any atom is -0.330 e. The van der Waals surface area contributed by atoms with Gasteiger partial charge >= 0.3 is 0 Å². The molecule has 0 amide bonds. The molecular weight excluding hydrogens is 186 g/mol. The van der Waals surface area contributed by atoms with E-state index >= 15 is 0 Å². The fourth-order valence-electron chi connectivity index (χ4n) is 2.22. The minimum atomic E-state index is 0.851. The van der Waals surface area contributed by atoms with E-state index in [9.17, 15) is 0 Å². The van der Waals surface area contributed by atoms with Crippen LogP contribution in [0.3, 0.4) is 0 Å². The van der Waals surface area contributed by atoms with Crippen molar-refractivity contribution in [3.63, 3.8) is 0 Å². The van der Waals surface area contributed by atoms with Crippen molar-refractivity contribution in [1.82, 2.24) is 9.80 Å². The number of likely N-dealkylation sites (N-methyl/N-ethyl adjacent to an activating group) is 1. The zero-order chi connectivity index (χ0) is 10.9. The summed E-state index contributed by atoms with van der Waals surface area (Å²) in [6.45, 7) is 10.7. The molecule has 1 aliphatic rings. The molecule has 0 unspecified atom stereocenters. The van der Waals surface area contributed by atoms with E-state index in [4.69, 9.17) is 5.73 Å². The van der Waals surface area contributed by atoms with Crippen molar-refractivity contribution in [2.75, 3.05) is 45.8 Å². The maximum absolute atomic E-state index is 5.49. The third-order valence-electron chi connectivity index (χ3n) is 3.31. The van der Waals surface area contributed by atoms with E-state index in [2.05, 4.69) is 16.7 Å². The van der Waals surface area contributed by atoms with Crippen LogP contribution in [0.25, 0.3) is 0 Å². The van der Waals surface area contributed by atoms with Gasteiger partial charge in [-0.3, -0.25) is 0 Å². The molecular formula is C12H27N3. The first kappa shape index (κ1) is 12.9. The van der Waals surface area contributed by atoms with E-state index in [1.807, 2.05) is 0 Å². The Balaban J connectivity index is 2.08. The number of nitrogens with zero attached hydrogens (tertiary/aromatic N) is 2. The maximum atomic E-state index is 5.49. The molecule has 1 saturated heterocycles. The summed E-state index contributed by atoms with van der Waals surface area (Å²) in [5.74, 6) is 0. The summed E-state index contributed by atoms with van der Waals surface area (Å²) in [6, 6.07) is 0. The van der Waals surface area contributed by atoms with Gasteiger partial charge < -0.3 is 15.5 Å². The summed E-state index contributed by atoms with van der Waals surface area (Å²) in [6.07, 6.45) is 5.15. The Bertz CT molecular complexity index is 150. The molecule has 3 heteroatoms. The summed E-state index contributed by atoms with van der Waals surface area (Å²) in [5, 5.41) is 0. The van der Waals surface area contributed by atoms with Crippen LogP contribution >= 0.6 is 0 Å². The summed E-state index contributed by atoms with van der Waals surface area (Å²) in [4.78, 5) is 5.17. The first-order valence-electron chi connectivity index (χ1n) is 6.51. The van der Waals surface area contributed by atoms with Crippen LogP contribution in [0.1, 0.15) is 32.6 Å². The molecule has 0 saturated carbocycles. The van der Waals surface area contributed by atoms with Gasteiger partial charge in [0.25, 0.3) is 0 Å². The second-order valence-corrected chi connectivity index (χ2v) is 4.48. The lowest BCUT2D eigenvalue weighted by molar-refractivity contribution is 0.259. The molecule has 15 heavy (non-hydrogen) atoms. The van der Waals surface area contributed by atoms with Gasteiger partial charge in [-0.05, 0) is 52.0 Å². The van der Waals surface area contributed by atoms with Crippen LogP contribution in [0.2, 0.25) is 0 Å². The molecule has 1 aliphatic heterocycles. The molecule has 0 aromatic rings. The topological polar surface area (TPSA) is 32.5 Å². The molecule has 0 radical (unpaired) electrons. The Hall–Kier alpha value is -0.120. The Morgan fingerprint density at radius 2 is 1.67 bits per heavy atom. The summed E-state index contributed by atoms with van der Waals surface area (Å²) in [5.41, 5.74) is 5.49. The third kappa shape index (κ3) is 5.50. The highest BCUT2D eigenvalue weighted by atomic mass is 15.2. The van der Waals surface area contributed by atoms with E-state index in [0.717, 1.165) is 6.54 Å². The molecule has 0 spiro atoms. The predicted molar refractivity (Wildman–Crippen MR) is 66.1 cm³/mol. The van der Waals surface area contributed by atoms with Gasteiger partial charge in [0.1, 0.15) is 0 Å². The summed E-state index contributed by atoms with van der Waals surface area (Å²) < 4.78 is 0. The van der Waals surface area contributed by atoms with Crippen molar-refractivity contribution >= 4 is 0 Å². The van der Waals surface area contributed by atoms with Crippen LogP contribution in [0, 0.1) is 0 Å². The van der Waals surface area contributed by atoms with Crippen LogP contribution in [0.4, 0.5) is 0 Å². The van der Waals surface area contributed by atoms with Crippen molar-refractivity contribution in [2.45, 2.75) is 32.6 Å². The van der Waals surface area contributed by atoms with Crippen molar-refractivity contribution in [2.24, 2.45) is 5.73 Å². The van der Waals surface area contributed by atoms with E-state index in [1.165, 1.54) is 65.0 Å². The third-order valence-corrected chi connectivity index (χ3v) is 3.31. The van der Waals surface area contributed by atoms with E-state index < -0.39 is 0 Å². The Kier molecular flexibility index (Phi) is 6.98. The van der Waals surface area contributed by atoms with Gasteiger partial charge in [0.15, 0.2) is 0 Å². The number of nitrogens with two attached hydrogens (primary N) is 1. The highest BCUT2D eigenvalue weighted by Crippen LogP contribution is 2.04. The SMILES string of the molecule is CCN1CCCN(CCCCCN)CC1. The highest BCUT2D eigenvalue weighted by Gasteiger charge is 2.12. The lowest BCUT2D eigenvalue weighted by Crippen LogP contribution is -2.31. The van der Waals surface area contributed by atoms with Gasteiger partial charge in [-0.2, -0.15) is 0 Å². The molecule has 90 valence electrons. The number of rotatable bonds is 6. The van der Waals surface area contributed by atoms with Gasteiger partial charge in [0, 0.05) is 13.1 Å². The zero-order valence-corrected chi connectivity index (χ0v) is 10.2. The van der Waals surface area contributed by atoms with Crippen molar-refractivity contribution < 1.29 is 0 Å². The van der Waals surface area contributed by atoms with Gasteiger partial charge in [0.2, 0.25) is 0 Å². The Morgan fingerprint density at radius 3 is 2.40 bits per heavy atom. The van der Waals surface area contributed by atoms with Crippen molar-refractivity contribution in [1.29, 1.82) is 0 Å². The first-order valence-corrected chi connectivity index (χ1v) is 6.51. The molecule has 0 atom stereocenters.